The Morgan fingerprint density at radius 1 is 1.22 bits per heavy atom. The molecule has 0 amide bonds. The number of methoxy groups -OCH3 is 2. The number of carbonyl (C=O) groups excluding carboxylic acids is 3. The van der Waals surface area contributed by atoms with E-state index < -0.39 is 23.3 Å². The molecule has 1 atom stereocenters. The van der Waals surface area contributed by atoms with E-state index in [1.54, 1.807) is 6.92 Å². The summed E-state index contributed by atoms with van der Waals surface area (Å²) in [5, 5.41) is 0. The lowest BCUT2D eigenvalue weighted by molar-refractivity contribution is -0.149. The smallest absolute Gasteiger partial charge is 0.341 e. The molecule has 18 heavy (non-hydrogen) atoms. The summed E-state index contributed by atoms with van der Waals surface area (Å²) in [5.41, 5.74) is -0.159. The van der Waals surface area contributed by atoms with Crippen LogP contribution < -0.4 is 0 Å². The minimum Gasteiger partial charge on any atom is -0.469 e. The average molecular weight is 254 g/mol. The number of Topliss-reactive ketones (excluding diaryl/α,β-unsaturated/α-hetero) is 1. The Kier molecular flexibility index (Phi) is 3.94. The van der Waals surface area contributed by atoms with Crippen LogP contribution in [-0.2, 0) is 23.9 Å². The van der Waals surface area contributed by atoms with Gasteiger partial charge in [-0.25, -0.2) is 4.79 Å². The van der Waals surface area contributed by atoms with Gasteiger partial charge in [0.2, 0.25) is 0 Å². The molecule has 1 aliphatic carbocycles. The number of rotatable bonds is 2. The van der Waals surface area contributed by atoms with Gasteiger partial charge in [0.1, 0.15) is 5.57 Å². The number of hydrogen-bond donors (Lipinski definition) is 0. The van der Waals surface area contributed by atoms with Crippen LogP contribution in [0.3, 0.4) is 0 Å². The molecular weight excluding hydrogens is 236 g/mol. The predicted octanol–water partition coefficient (Wildman–Crippen LogP) is 1.26. The molecule has 0 aromatic heterocycles. The van der Waals surface area contributed by atoms with Gasteiger partial charge in [0.15, 0.2) is 5.78 Å². The lowest BCUT2D eigenvalue weighted by atomic mass is 9.66. The Bertz CT molecular complexity index is 431. The second-order valence-electron chi connectivity index (χ2n) is 5.09. The molecule has 5 heteroatoms. The Hall–Kier alpha value is -1.65. The predicted molar refractivity (Wildman–Crippen MR) is 63.6 cm³/mol. The normalized spacial score (nSPS) is 22.7. The van der Waals surface area contributed by atoms with Crippen LogP contribution in [0.15, 0.2) is 11.1 Å². The van der Waals surface area contributed by atoms with E-state index in [1.165, 1.54) is 14.2 Å². The summed E-state index contributed by atoms with van der Waals surface area (Å²) >= 11 is 0. The van der Waals surface area contributed by atoms with Crippen molar-refractivity contribution in [2.75, 3.05) is 14.2 Å². The van der Waals surface area contributed by atoms with Crippen molar-refractivity contribution in [1.29, 1.82) is 0 Å². The van der Waals surface area contributed by atoms with Crippen LogP contribution in [-0.4, -0.2) is 31.9 Å². The molecule has 0 heterocycles. The van der Waals surface area contributed by atoms with Crippen molar-refractivity contribution >= 4 is 17.7 Å². The van der Waals surface area contributed by atoms with Gasteiger partial charge in [-0.3, -0.25) is 9.59 Å². The third-order valence-corrected chi connectivity index (χ3v) is 3.33. The molecule has 0 saturated carbocycles. The quantitative estimate of drug-likeness (QED) is 0.548. The summed E-state index contributed by atoms with van der Waals surface area (Å²) in [5.74, 6) is -2.02. The van der Waals surface area contributed by atoms with E-state index >= 15 is 0 Å². The molecule has 1 rings (SSSR count). The van der Waals surface area contributed by atoms with Gasteiger partial charge < -0.3 is 9.47 Å². The summed E-state index contributed by atoms with van der Waals surface area (Å²) in [6.07, 6.45) is 0.120. The molecule has 1 aliphatic rings. The van der Waals surface area contributed by atoms with E-state index in [0.29, 0.717) is 5.57 Å². The van der Waals surface area contributed by atoms with Crippen molar-refractivity contribution in [3.8, 4) is 0 Å². The summed E-state index contributed by atoms with van der Waals surface area (Å²) in [4.78, 5) is 35.4. The van der Waals surface area contributed by atoms with Gasteiger partial charge in [-0.05, 0) is 17.9 Å². The first kappa shape index (κ1) is 14.4. The van der Waals surface area contributed by atoms with Crippen LogP contribution >= 0.6 is 0 Å². The fraction of sp³-hybridized carbons (Fsp3) is 0.615. The summed E-state index contributed by atoms with van der Waals surface area (Å²) < 4.78 is 9.35. The fourth-order valence-corrected chi connectivity index (χ4v) is 2.55. The first-order valence-electron chi connectivity index (χ1n) is 5.66. The SMILES string of the molecule is COC(=O)C1=C(C)C(C(=O)OC)C(C)(C)CC1=O. The Balaban J connectivity index is 3.37. The molecule has 100 valence electrons. The number of ether oxygens (including phenoxy) is 2. The molecule has 1 unspecified atom stereocenters. The van der Waals surface area contributed by atoms with Gasteiger partial charge in [-0.2, -0.15) is 0 Å². The molecule has 5 nitrogen and oxygen atoms in total. The topological polar surface area (TPSA) is 69.7 Å². The van der Waals surface area contributed by atoms with E-state index in [0.717, 1.165) is 0 Å². The standard InChI is InChI=1S/C13H18O5/c1-7-9(11(15)17-4)8(14)6-13(2,3)10(7)12(16)18-5/h10H,6H2,1-5H3. The minimum atomic E-state index is -0.693. The first-order valence-corrected chi connectivity index (χ1v) is 5.66. The molecule has 0 aliphatic heterocycles. The van der Waals surface area contributed by atoms with Gasteiger partial charge in [0.25, 0.3) is 0 Å². The van der Waals surface area contributed by atoms with Crippen LogP contribution in [0.1, 0.15) is 27.2 Å². The van der Waals surface area contributed by atoms with E-state index in [2.05, 4.69) is 4.74 Å². The summed E-state index contributed by atoms with van der Waals surface area (Å²) in [6.45, 7) is 5.22. The maximum Gasteiger partial charge on any atom is 0.341 e. The average Bonchev–Trinajstić information content (AvgIpc) is 2.26. The molecule has 0 saturated heterocycles. The first-order chi connectivity index (χ1) is 8.26. The van der Waals surface area contributed by atoms with Gasteiger partial charge >= 0.3 is 11.9 Å². The van der Waals surface area contributed by atoms with Crippen LogP contribution in [0.25, 0.3) is 0 Å². The third-order valence-electron chi connectivity index (χ3n) is 3.33. The monoisotopic (exact) mass is 254 g/mol. The minimum absolute atomic E-state index is 0.0211. The molecule has 0 N–H and O–H groups in total. The van der Waals surface area contributed by atoms with Gasteiger partial charge in [-0.1, -0.05) is 13.8 Å². The van der Waals surface area contributed by atoms with Crippen molar-refractivity contribution in [2.45, 2.75) is 27.2 Å². The second-order valence-corrected chi connectivity index (χ2v) is 5.09. The summed E-state index contributed by atoms with van der Waals surface area (Å²) in [7, 11) is 2.50. The van der Waals surface area contributed by atoms with Crippen LogP contribution in [0.2, 0.25) is 0 Å². The Morgan fingerprint density at radius 3 is 2.22 bits per heavy atom. The van der Waals surface area contributed by atoms with Crippen LogP contribution in [0.5, 0.6) is 0 Å². The van der Waals surface area contributed by atoms with E-state index in [4.69, 9.17) is 4.74 Å². The molecule has 0 aromatic rings. The molecule has 0 bridgehead atoms. The molecule has 0 aromatic carbocycles. The van der Waals surface area contributed by atoms with E-state index in [1.807, 2.05) is 13.8 Å². The molecular formula is C13H18O5. The van der Waals surface area contributed by atoms with Crippen molar-refractivity contribution in [3.05, 3.63) is 11.1 Å². The van der Waals surface area contributed by atoms with Crippen molar-refractivity contribution in [3.63, 3.8) is 0 Å². The third kappa shape index (κ3) is 2.30. The number of hydrogen-bond acceptors (Lipinski definition) is 5. The molecule has 0 fully saturated rings. The molecule has 0 spiro atoms. The van der Waals surface area contributed by atoms with Crippen molar-refractivity contribution in [2.24, 2.45) is 11.3 Å². The van der Waals surface area contributed by atoms with E-state index in [-0.39, 0.29) is 17.8 Å². The van der Waals surface area contributed by atoms with Crippen LogP contribution in [0, 0.1) is 11.3 Å². The zero-order chi connectivity index (χ0) is 14.1. The zero-order valence-electron chi connectivity index (χ0n) is 11.3. The van der Waals surface area contributed by atoms with Crippen molar-refractivity contribution in [1.82, 2.24) is 0 Å². The highest BCUT2D eigenvalue weighted by atomic mass is 16.5. The molecule has 0 radical (unpaired) electrons. The number of ketones is 1. The van der Waals surface area contributed by atoms with Crippen molar-refractivity contribution < 1.29 is 23.9 Å². The number of esters is 2. The second kappa shape index (κ2) is 4.92. The van der Waals surface area contributed by atoms with Gasteiger partial charge in [-0.15, -0.1) is 0 Å². The highest BCUT2D eigenvalue weighted by Crippen LogP contribution is 2.42. The van der Waals surface area contributed by atoms with E-state index in [9.17, 15) is 14.4 Å². The highest BCUT2D eigenvalue weighted by molar-refractivity contribution is 6.19. The Labute approximate surface area is 106 Å². The fourth-order valence-electron chi connectivity index (χ4n) is 2.55. The zero-order valence-corrected chi connectivity index (χ0v) is 11.3. The largest absolute Gasteiger partial charge is 0.469 e. The van der Waals surface area contributed by atoms with Gasteiger partial charge in [0.05, 0.1) is 20.1 Å². The van der Waals surface area contributed by atoms with Crippen LogP contribution in [0.4, 0.5) is 0 Å². The summed E-state index contributed by atoms with van der Waals surface area (Å²) in [6, 6.07) is 0. The number of carbonyl (C=O) groups is 3. The lowest BCUT2D eigenvalue weighted by Gasteiger charge is -2.37. The van der Waals surface area contributed by atoms with Gasteiger partial charge in [0, 0.05) is 6.42 Å². The Morgan fingerprint density at radius 2 is 1.78 bits per heavy atom. The highest BCUT2D eigenvalue weighted by Gasteiger charge is 2.46. The lowest BCUT2D eigenvalue weighted by Crippen LogP contribution is -2.41. The maximum absolute atomic E-state index is 12.0. The maximum atomic E-state index is 12.0.